The highest BCUT2D eigenvalue weighted by Gasteiger charge is 2.31. The van der Waals surface area contributed by atoms with E-state index in [9.17, 15) is 45.6 Å². The van der Waals surface area contributed by atoms with E-state index in [0.717, 1.165) is 0 Å². The zero-order valence-electron chi connectivity index (χ0n) is 68.5. The molecular formula is C92H80F8N16. The van der Waals surface area contributed by atoms with E-state index in [1.54, 1.807) is 111 Å². The van der Waals surface area contributed by atoms with E-state index in [4.69, 9.17) is 73.7 Å². The number of aryl methyl sites for hydroxylation is 3. The van der Waals surface area contributed by atoms with Crippen molar-refractivity contribution in [1.82, 2.24) is 0 Å². The second-order valence-electron chi connectivity index (χ2n) is 30.2. The minimum absolute atomic E-state index is 0.00326. The lowest BCUT2D eigenvalue weighted by molar-refractivity contribution is 0.510. The first-order valence-electron chi connectivity index (χ1n) is 34.8. The van der Waals surface area contributed by atoms with E-state index in [2.05, 4.69) is 12.1 Å². The number of benzene rings is 8. The molecule has 0 atom stereocenters. The zero-order chi connectivity index (χ0) is 89.9. The van der Waals surface area contributed by atoms with E-state index in [-0.39, 0.29) is 61.3 Å². The van der Waals surface area contributed by atoms with Gasteiger partial charge in [0.25, 0.3) is 0 Å². The monoisotopic (exact) mass is 1560 g/mol. The second-order valence-corrected chi connectivity index (χ2v) is 30.2. The minimum Gasteiger partial charge on any atom is -0.206 e. The molecule has 0 unspecified atom stereocenters. The van der Waals surface area contributed by atoms with Crippen LogP contribution in [-0.2, 0) is 21.7 Å². The van der Waals surface area contributed by atoms with Crippen LogP contribution in [-0.4, -0.2) is 0 Å². The van der Waals surface area contributed by atoms with Crippen molar-refractivity contribution >= 4 is 0 Å². The van der Waals surface area contributed by atoms with Gasteiger partial charge in [-0.25, -0.2) is 35.1 Å². The van der Waals surface area contributed by atoms with Crippen LogP contribution in [0, 0.1) is 290 Å². The molecule has 8 aromatic rings. The van der Waals surface area contributed by atoms with Crippen molar-refractivity contribution in [3.8, 4) is 97.1 Å². The van der Waals surface area contributed by atoms with E-state index in [0.29, 0.717) is 122 Å². The van der Waals surface area contributed by atoms with E-state index >= 15 is 0 Å². The lowest BCUT2D eigenvalue weighted by Crippen LogP contribution is -2.21. The molecule has 0 heterocycles. The predicted molar refractivity (Wildman–Crippen MR) is 418 cm³/mol. The van der Waals surface area contributed by atoms with Gasteiger partial charge < -0.3 is 0 Å². The highest BCUT2D eigenvalue weighted by molar-refractivity contribution is 5.60. The number of rotatable bonds is 1. The van der Waals surface area contributed by atoms with Crippen LogP contribution < -0.4 is 0 Å². The highest BCUT2D eigenvalue weighted by Crippen LogP contribution is 2.37. The summed E-state index contributed by atoms with van der Waals surface area (Å²) in [4.78, 5) is 0. The molecule has 0 spiro atoms. The SMILES string of the molecule is CC(C)(C)c1cc(C#N)c(C(C)(C)C)c(C#N)c1F.CC(C)(C)c1cc(F)c(C#N)cc1C#N.CC(C)c1cc(F)c(C#N)cc1C#N.Cc1c(C#N)c(F)cc(C(C)(C)C)c1C#N.Cc1c(C)c(C#N)c(C)c(C#N)c1F.Cc1cc(F)c(C#N)c(C)c1C#N.Cc1cc(F)c(C#N)c(C)c1C#N.Cc1cc(F)c(C#N)cc1C#N. The number of nitrogens with zero attached hydrogens (tertiary/aromatic N) is 16. The fraction of sp³-hybridized carbons (Fsp3) is 0.304. The number of hydrogen-bond acceptors (Lipinski definition) is 16. The molecular weight excluding hydrogens is 1480 g/mol. The summed E-state index contributed by atoms with van der Waals surface area (Å²) in [7, 11) is 0. The third-order valence-electron chi connectivity index (χ3n) is 17.7. The number of hydrogen-bond donors (Lipinski definition) is 0. The van der Waals surface area contributed by atoms with Gasteiger partial charge in [0.05, 0.1) is 138 Å². The first-order chi connectivity index (χ1) is 53.8. The molecule has 8 rings (SSSR count). The van der Waals surface area contributed by atoms with Crippen molar-refractivity contribution in [2.75, 3.05) is 0 Å². The maximum atomic E-state index is 14.5. The Kier molecular flexibility index (Phi) is 36.2. The van der Waals surface area contributed by atoms with E-state index in [1.807, 2.05) is 139 Å². The Morgan fingerprint density at radius 2 is 0.526 bits per heavy atom. The Morgan fingerprint density at radius 3 is 0.862 bits per heavy atom. The largest absolute Gasteiger partial charge is 0.206 e. The summed E-state index contributed by atoms with van der Waals surface area (Å²) in [6, 6.07) is 42.8. The van der Waals surface area contributed by atoms with Crippen molar-refractivity contribution in [3.63, 3.8) is 0 Å². The highest BCUT2D eigenvalue weighted by atomic mass is 19.2. The Bertz CT molecular complexity index is 5680. The third-order valence-corrected chi connectivity index (χ3v) is 17.7. The van der Waals surface area contributed by atoms with Gasteiger partial charge in [-0.15, -0.1) is 0 Å². The zero-order valence-corrected chi connectivity index (χ0v) is 68.5. The van der Waals surface area contributed by atoms with Crippen LogP contribution in [0.1, 0.15) is 270 Å². The molecule has 116 heavy (non-hydrogen) atoms. The van der Waals surface area contributed by atoms with Gasteiger partial charge in [0, 0.05) is 0 Å². The topological polar surface area (TPSA) is 381 Å². The van der Waals surface area contributed by atoms with Crippen LogP contribution >= 0.6 is 0 Å². The molecule has 8 aromatic carbocycles. The molecule has 0 aliphatic heterocycles. The van der Waals surface area contributed by atoms with Crippen molar-refractivity contribution in [2.45, 2.75) is 187 Å². The summed E-state index contributed by atoms with van der Waals surface area (Å²) in [5.41, 5.74) is 8.31. The predicted octanol–water partition coefficient (Wildman–Crippen LogP) is 21.6. The average molecular weight is 1560 g/mol. The summed E-state index contributed by atoms with van der Waals surface area (Å²) < 4.78 is 107. The molecule has 0 aliphatic rings. The average Bonchev–Trinajstić information content (AvgIpc) is 0.756. The lowest BCUT2D eigenvalue weighted by Gasteiger charge is -2.27. The smallest absolute Gasteiger partial charge is 0.145 e. The van der Waals surface area contributed by atoms with Gasteiger partial charge in [0.2, 0.25) is 0 Å². The number of nitriles is 16. The molecule has 16 nitrogen and oxygen atoms in total. The summed E-state index contributed by atoms with van der Waals surface area (Å²) >= 11 is 0. The quantitative estimate of drug-likeness (QED) is 0.138. The molecule has 24 heteroatoms. The van der Waals surface area contributed by atoms with Crippen LogP contribution in [0.2, 0.25) is 0 Å². The van der Waals surface area contributed by atoms with Crippen LogP contribution in [0.3, 0.4) is 0 Å². The van der Waals surface area contributed by atoms with Gasteiger partial charge in [0.15, 0.2) is 0 Å². The fourth-order valence-electron chi connectivity index (χ4n) is 11.2. The summed E-state index contributed by atoms with van der Waals surface area (Å²) in [5, 5.41) is 141. The molecule has 0 saturated carbocycles. The van der Waals surface area contributed by atoms with Gasteiger partial charge in [0.1, 0.15) is 95.1 Å². The van der Waals surface area contributed by atoms with Crippen LogP contribution in [0.5, 0.6) is 0 Å². The Balaban J connectivity index is 0.000000665. The fourth-order valence-corrected chi connectivity index (χ4v) is 11.2. The van der Waals surface area contributed by atoms with Crippen LogP contribution in [0.25, 0.3) is 0 Å². The van der Waals surface area contributed by atoms with Gasteiger partial charge in [-0.05, 0) is 228 Å². The summed E-state index contributed by atoms with van der Waals surface area (Å²) in [6.07, 6.45) is 0. The van der Waals surface area contributed by atoms with Crippen LogP contribution in [0.15, 0.2) is 60.7 Å². The Hall–Kier alpha value is -15.0. The molecule has 0 aromatic heterocycles. The molecule has 0 saturated heterocycles. The molecule has 0 N–H and O–H groups in total. The van der Waals surface area contributed by atoms with Crippen molar-refractivity contribution < 1.29 is 35.1 Å². The van der Waals surface area contributed by atoms with Crippen molar-refractivity contribution in [3.05, 3.63) is 274 Å². The molecule has 0 amide bonds. The summed E-state index contributed by atoms with van der Waals surface area (Å²) in [6.45, 7) is 40.9. The minimum atomic E-state index is -0.575. The molecule has 0 aliphatic carbocycles. The Morgan fingerprint density at radius 1 is 0.224 bits per heavy atom. The van der Waals surface area contributed by atoms with Gasteiger partial charge in [-0.2, -0.15) is 84.2 Å². The Labute approximate surface area is 674 Å². The number of halogens is 8. The first kappa shape index (κ1) is 99.0. The maximum Gasteiger partial charge on any atom is 0.145 e. The standard InChI is InChI=1S/C16H19FN2.C13H13FN2.C12H11FN2.2C11H9FN2.2C10H7FN2.C9H5FN2/c1-15(2,3)12-7-10(8-18)13(16(4,5)6)11(9-19)14(12)17;1-8-9(6-15)11(13(2,3)4)5-12(14)10(8)7-16;1-12(2,3)10-5-11(13)9(7-15)4-8(10)6-14;1-7(2)10-4-11(12)9(6-14)3-8(10)5-13;1-6-7(2)11(12)10(5-14)8(3)9(6)4-13;2*1-6-3-10(11)9(5-13)7(2)8(6)4-12;1-6-2-9(10)8(5-12)3-7(6)4-11/h7H,1-6H3;5H,1-4H3;4-5H,1-3H3;3-4,7H,1-2H3;1-3H3;2*3H,1-2H3;2-3H,1H3. The van der Waals surface area contributed by atoms with Crippen molar-refractivity contribution in [2.24, 2.45) is 0 Å². The third kappa shape index (κ3) is 24.5. The summed E-state index contributed by atoms with van der Waals surface area (Å²) in [5.74, 6) is -4.31. The van der Waals surface area contributed by atoms with Crippen LogP contribution in [0.4, 0.5) is 35.1 Å². The van der Waals surface area contributed by atoms with Crippen molar-refractivity contribution in [1.29, 1.82) is 84.2 Å². The molecule has 0 bridgehead atoms. The first-order valence-corrected chi connectivity index (χ1v) is 34.8. The molecule has 0 radical (unpaired) electrons. The normalized spacial score (nSPS) is 9.97. The maximum absolute atomic E-state index is 14.5. The molecule has 0 fully saturated rings. The van der Waals surface area contributed by atoms with Gasteiger partial charge in [-0.3, -0.25) is 0 Å². The van der Waals surface area contributed by atoms with Gasteiger partial charge >= 0.3 is 0 Å². The molecule has 584 valence electrons. The second kappa shape index (κ2) is 42.5. The van der Waals surface area contributed by atoms with E-state index < -0.39 is 57.4 Å². The van der Waals surface area contributed by atoms with Gasteiger partial charge in [-0.1, -0.05) is 96.9 Å². The lowest BCUT2D eigenvalue weighted by atomic mass is 9.76. The van der Waals surface area contributed by atoms with E-state index in [1.165, 1.54) is 54.6 Å².